The Bertz CT molecular complexity index is 782. The van der Waals surface area contributed by atoms with Crippen LogP contribution in [0.25, 0.3) is 0 Å². The third kappa shape index (κ3) is 5.26. The molecule has 2 aromatic rings. The predicted molar refractivity (Wildman–Crippen MR) is 98.8 cm³/mol. The van der Waals surface area contributed by atoms with Crippen molar-refractivity contribution >= 4 is 11.7 Å². The van der Waals surface area contributed by atoms with Crippen LogP contribution >= 0.6 is 0 Å². The van der Waals surface area contributed by atoms with Gasteiger partial charge in [-0.05, 0) is 12.8 Å². The summed E-state index contributed by atoms with van der Waals surface area (Å²) in [7, 11) is 1.50. The molecule has 0 bridgehead atoms. The van der Waals surface area contributed by atoms with Crippen LogP contribution < -0.4 is 9.47 Å². The molecular weight excluding hydrogens is 346 g/mol. The van der Waals surface area contributed by atoms with Gasteiger partial charge < -0.3 is 14.4 Å². The van der Waals surface area contributed by atoms with Crippen molar-refractivity contribution in [3.63, 3.8) is 0 Å². The number of aromatic nitrogens is 2. The van der Waals surface area contributed by atoms with Crippen molar-refractivity contribution in [3.05, 3.63) is 48.2 Å². The molecule has 0 N–H and O–H groups in total. The normalized spacial score (nSPS) is 16.6. The second kappa shape index (κ2) is 9.12. The average molecular weight is 369 g/mol. The predicted octanol–water partition coefficient (Wildman–Crippen LogP) is 2.52. The summed E-state index contributed by atoms with van der Waals surface area (Å²) in [6.45, 7) is 1.18. The number of piperidine rings is 1. The molecule has 7 heteroatoms. The van der Waals surface area contributed by atoms with E-state index in [1.54, 1.807) is 29.3 Å². The summed E-state index contributed by atoms with van der Waals surface area (Å²) in [4.78, 5) is 34.5. The van der Waals surface area contributed by atoms with Gasteiger partial charge in [-0.2, -0.15) is 4.98 Å². The lowest BCUT2D eigenvalue weighted by Crippen LogP contribution is -2.44. The standard InChI is InChI=1S/C20H23N3O4/c1-26-20-21-12-11-18(22-20)27-16-8-5-13-23(14-16)19(25)10-9-17(24)15-6-3-2-4-7-15/h2-4,6-7,11-12,16H,5,8-10,13-14H2,1H3. The van der Waals surface area contributed by atoms with Crippen molar-refractivity contribution < 1.29 is 19.1 Å². The Kier molecular flexibility index (Phi) is 6.35. The molecule has 1 fully saturated rings. The van der Waals surface area contributed by atoms with Crippen LogP contribution in [0.5, 0.6) is 11.9 Å². The quantitative estimate of drug-likeness (QED) is 0.698. The number of methoxy groups -OCH3 is 1. The number of carbonyl (C=O) groups excluding carboxylic acids is 2. The third-order valence-corrected chi connectivity index (χ3v) is 4.47. The maximum absolute atomic E-state index is 12.5. The fraction of sp³-hybridized carbons (Fsp3) is 0.400. The maximum atomic E-state index is 12.5. The van der Waals surface area contributed by atoms with Crippen LogP contribution in [0.2, 0.25) is 0 Å². The molecule has 27 heavy (non-hydrogen) atoms. The summed E-state index contributed by atoms with van der Waals surface area (Å²) < 4.78 is 10.9. The summed E-state index contributed by atoms with van der Waals surface area (Å²) in [5.41, 5.74) is 0.642. The van der Waals surface area contributed by atoms with Crippen LogP contribution in [0.15, 0.2) is 42.6 Å². The van der Waals surface area contributed by atoms with Crippen molar-refractivity contribution in [1.29, 1.82) is 0 Å². The Labute approximate surface area is 158 Å². The van der Waals surface area contributed by atoms with Crippen molar-refractivity contribution in [2.24, 2.45) is 0 Å². The second-order valence-electron chi connectivity index (χ2n) is 6.39. The fourth-order valence-electron chi connectivity index (χ4n) is 3.07. The van der Waals surface area contributed by atoms with E-state index in [1.807, 2.05) is 18.2 Å². The Morgan fingerprint density at radius 3 is 2.78 bits per heavy atom. The Morgan fingerprint density at radius 1 is 1.19 bits per heavy atom. The van der Waals surface area contributed by atoms with Gasteiger partial charge in [0.2, 0.25) is 11.8 Å². The lowest BCUT2D eigenvalue weighted by Gasteiger charge is -2.32. The van der Waals surface area contributed by atoms with Gasteiger partial charge in [-0.15, -0.1) is 0 Å². The smallest absolute Gasteiger partial charge is 0.319 e. The van der Waals surface area contributed by atoms with Crippen molar-refractivity contribution in [3.8, 4) is 11.9 Å². The van der Waals surface area contributed by atoms with E-state index < -0.39 is 0 Å². The van der Waals surface area contributed by atoms with Gasteiger partial charge in [0.05, 0.1) is 13.7 Å². The van der Waals surface area contributed by atoms with Gasteiger partial charge in [0.1, 0.15) is 6.10 Å². The molecule has 0 radical (unpaired) electrons. The molecule has 2 heterocycles. The van der Waals surface area contributed by atoms with E-state index in [1.165, 1.54) is 7.11 Å². The number of ether oxygens (including phenoxy) is 2. The van der Waals surface area contributed by atoms with Crippen molar-refractivity contribution in [1.82, 2.24) is 14.9 Å². The number of hydrogen-bond donors (Lipinski definition) is 0. The molecule has 1 amide bonds. The Balaban J connectivity index is 1.51. The topological polar surface area (TPSA) is 81.6 Å². The first-order chi connectivity index (χ1) is 13.2. The van der Waals surface area contributed by atoms with Gasteiger partial charge in [0, 0.05) is 37.2 Å². The Hall–Kier alpha value is -2.96. The Morgan fingerprint density at radius 2 is 2.00 bits per heavy atom. The zero-order valence-corrected chi connectivity index (χ0v) is 15.3. The highest BCUT2D eigenvalue weighted by Crippen LogP contribution is 2.19. The molecule has 0 spiro atoms. The summed E-state index contributed by atoms with van der Waals surface area (Å²) >= 11 is 0. The third-order valence-electron chi connectivity index (χ3n) is 4.47. The zero-order valence-electron chi connectivity index (χ0n) is 15.3. The fourth-order valence-corrected chi connectivity index (χ4v) is 3.07. The highest BCUT2D eigenvalue weighted by molar-refractivity contribution is 5.97. The van der Waals surface area contributed by atoms with Crippen molar-refractivity contribution in [2.45, 2.75) is 31.8 Å². The number of Topliss-reactive ketones (excluding diaryl/α,β-unsaturated/α-hetero) is 1. The molecule has 1 aromatic carbocycles. The molecule has 1 aliphatic heterocycles. The number of hydrogen-bond acceptors (Lipinski definition) is 6. The molecule has 3 rings (SSSR count). The van der Waals surface area contributed by atoms with Crippen LogP contribution in [-0.4, -0.2) is 52.9 Å². The minimum absolute atomic E-state index is 0.0122. The van der Waals surface area contributed by atoms with Gasteiger partial charge >= 0.3 is 6.01 Å². The van der Waals surface area contributed by atoms with Crippen LogP contribution in [0, 0.1) is 0 Å². The summed E-state index contributed by atoms with van der Waals surface area (Å²) in [6.07, 6.45) is 3.56. The van der Waals surface area contributed by atoms with Gasteiger partial charge in [0.15, 0.2) is 5.78 Å². The lowest BCUT2D eigenvalue weighted by atomic mass is 10.0. The van der Waals surface area contributed by atoms with Crippen LogP contribution in [0.4, 0.5) is 0 Å². The molecule has 1 unspecified atom stereocenters. The number of amides is 1. The molecule has 1 aromatic heterocycles. The molecule has 142 valence electrons. The zero-order chi connectivity index (χ0) is 19.1. The highest BCUT2D eigenvalue weighted by atomic mass is 16.5. The van der Waals surface area contributed by atoms with E-state index >= 15 is 0 Å². The summed E-state index contributed by atoms with van der Waals surface area (Å²) in [6, 6.07) is 11.0. The van der Waals surface area contributed by atoms with E-state index in [0.717, 1.165) is 12.8 Å². The lowest BCUT2D eigenvalue weighted by molar-refractivity contribution is -0.133. The van der Waals surface area contributed by atoms with Crippen LogP contribution in [-0.2, 0) is 4.79 Å². The maximum Gasteiger partial charge on any atom is 0.319 e. The molecule has 1 atom stereocenters. The molecule has 1 aliphatic rings. The van der Waals surface area contributed by atoms with E-state index in [-0.39, 0.29) is 36.6 Å². The second-order valence-corrected chi connectivity index (χ2v) is 6.39. The highest BCUT2D eigenvalue weighted by Gasteiger charge is 2.25. The molecule has 0 aliphatic carbocycles. The molecule has 1 saturated heterocycles. The largest absolute Gasteiger partial charge is 0.472 e. The molecule has 0 saturated carbocycles. The van der Waals surface area contributed by atoms with Gasteiger partial charge in [-0.25, -0.2) is 4.98 Å². The summed E-state index contributed by atoms with van der Waals surface area (Å²) in [5, 5.41) is 0. The number of nitrogens with zero attached hydrogens (tertiary/aromatic N) is 3. The van der Waals surface area contributed by atoms with E-state index in [0.29, 0.717) is 24.5 Å². The van der Waals surface area contributed by atoms with Crippen LogP contribution in [0.3, 0.4) is 0 Å². The number of likely N-dealkylation sites (tertiary alicyclic amines) is 1. The average Bonchev–Trinajstić information content (AvgIpc) is 2.72. The van der Waals surface area contributed by atoms with E-state index in [2.05, 4.69) is 9.97 Å². The molecule has 7 nitrogen and oxygen atoms in total. The number of ketones is 1. The summed E-state index contributed by atoms with van der Waals surface area (Å²) in [5.74, 6) is 0.398. The van der Waals surface area contributed by atoms with Gasteiger partial charge in [-0.3, -0.25) is 9.59 Å². The van der Waals surface area contributed by atoms with E-state index in [4.69, 9.17) is 9.47 Å². The van der Waals surface area contributed by atoms with Gasteiger partial charge in [0.25, 0.3) is 0 Å². The first-order valence-electron chi connectivity index (χ1n) is 9.05. The SMILES string of the molecule is COc1nccc(OC2CCCN(C(=O)CCC(=O)c3ccccc3)C2)n1. The van der Waals surface area contributed by atoms with E-state index in [9.17, 15) is 9.59 Å². The van der Waals surface area contributed by atoms with Crippen molar-refractivity contribution in [2.75, 3.05) is 20.2 Å². The minimum Gasteiger partial charge on any atom is -0.472 e. The molecular formula is C20H23N3O4. The monoisotopic (exact) mass is 369 g/mol. The minimum atomic E-state index is -0.132. The number of carbonyl (C=O) groups is 2. The number of rotatable bonds is 7. The number of benzene rings is 1. The first kappa shape index (κ1) is 18.8. The van der Waals surface area contributed by atoms with Gasteiger partial charge in [-0.1, -0.05) is 30.3 Å². The first-order valence-corrected chi connectivity index (χ1v) is 9.05. The van der Waals surface area contributed by atoms with Crippen LogP contribution in [0.1, 0.15) is 36.0 Å².